The number of hydrogen-bond donors (Lipinski definition) is 1. The first-order chi connectivity index (χ1) is 12.7. The molecule has 1 N–H and O–H groups in total. The summed E-state index contributed by atoms with van der Waals surface area (Å²) in [6, 6.07) is 9.01. The van der Waals surface area contributed by atoms with Gasteiger partial charge in [-0.2, -0.15) is 0 Å². The number of aliphatic hydroxyl groups is 1. The summed E-state index contributed by atoms with van der Waals surface area (Å²) >= 11 is 0. The van der Waals surface area contributed by atoms with Crippen molar-refractivity contribution in [2.24, 2.45) is 11.8 Å². The maximum Gasteiger partial charge on any atom is 0.292 e. The predicted octanol–water partition coefficient (Wildman–Crippen LogP) is 1.97. The first kappa shape index (κ1) is 16.9. The molecular formula is C19H22N2O5. The quantitative estimate of drug-likeness (QED) is 0.899. The molecular weight excluding hydrogens is 336 g/mol. The van der Waals surface area contributed by atoms with Crippen molar-refractivity contribution in [1.82, 2.24) is 10.1 Å². The second-order valence-corrected chi connectivity index (χ2v) is 6.95. The number of aliphatic hydroxyl groups excluding tert-OH is 1. The number of amides is 1. The van der Waals surface area contributed by atoms with Crippen LogP contribution in [0.5, 0.6) is 11.5 Å². The van der Waals surface area contributed by atoms with Crippen molar-refractivity contribution in [3.05, 3.63) is 42.3 Å². The van der Waals surface area contributed by atoms with Gasteiger partial charge in [0.15, 0.2) is 11.5 Å². The van der Waals surface area contributed by atoms with E-state index < -0.39 is 6.10 Å². The van der Waals surface area contributed by atoms with E-state index in [1.165, 1.54) is 6.20 Å². The standard InChI is InChI=1S/C19H22N2O5/c1-24-15-4-2-3-5-16(15)25-18-9-13-11-21(10-12(13)8-14(18)22)19(23)17-6-7-20-26-17/h2-7,12-14,18,22H,8-11H2,1H3/t12-,13+,14+,18+/m0/s1. The van der Waals surface area contributed by atoms with E-state index >= 15 is 0 Å². The molecule has 1 saturated carbocycles. The number of nitrogens with zero attached hydrogens (tertiary/aromatic N) is 2. The van der Waals surface area contributed by atoms with E-state index in [1.807, 2.05) is 24.3 Å². The minimum Gasteiger partial charge on any atom is -0.493 e. The van der Waals surface area contributed by atoms with Crippen LogP contribution in [0.2, 0.25) is 0 Å². The lowest BCUT2D eigenvalue weighted by molar-refractivity contribution is -0.0240. The summed E-state index contributed by atoms with van der Waals surface area (Å²) in [4.78, 5) is 14.3. The van der Waals surface area contributed by atoms with Gasteiger partial charge in [0.2, 0.25) is 5.76 Å². The molecule has 1 saturated heterocycles. The van der Waals surface area contributed by atoms with Gasteiger partial charge in [-0.05, 0) is 36.8 Å². The number of methoxy groups -OCH3 is 1. The van der Waals surface area contributed by atoms with Gasteiger partial charge >= 0.3 is 0 Å². The zero-order chi connectivity index (χ0) is 18.1. The van der Waals surface area contributed by atoms with Crippen LogP contribution in [-0.2, 0) is 0 Å². The maximum atomic E-state index is 12.5. The van der Waals surface area contributed by atoms with Gasteiger partial charge in [0.05, 0.1) is 19.4 Å². The van der Waals surface area contributed by atoms with E-state index in [9.17, 15) is 9.90 Å². The average Bonchev–Trinajstić information content (AvgIpc) is 3.31. The highest BCUT2D eigenvalue weighted by atomic mass is 16.5. The molecule has 1 aliphatic heterocycles. The van der Waals surface area contributed by atoms with Gasteiger partial charge in [0.1, 0.15) is 6.10 Å². The summed E-state index contributed by atoms with van der Waals surface area (Å²) in [7, 11) is 1.60. The highest BCUT2D eigenvalue weighted by Gasteiger charge is 2.44. The van der Waals surface area contributed by atoms with Crippen LogP contribution in [0.4, 0.5) is 0 Å². The molecule has 4 rings (SSSR count). The van der Waals surface area contributed by atoms with Gasteiger partial charge in [0.25, 0.3) is 5.91 Å². The van der Waals surface area contributed by atoms with Crippen LogP contribution in [0.3, 0.4) is 0 Å². The molecule has 2 aromatic rings. The van der Waals surface area contributed by atoms with Crippen LogP contribution in [-0.4, -0.2) is 53.5 Å². The summed E-state index contributed by atoms with van der Waals surface area (Å²) in [5.74, 6) is 1.96. The normalized spacial score (nSPS) is 27.8. The lowest BCUT2D eigenvalue weighted by atomic mass is 9.78. The minimum absolute atomic E-state index is 0.145. The van der Waals surface area contributed by atoms with E-state index in [1.54, 1.807) is 18.1 Å². The predicted molar refractivity (Wildman–Crippen MR) is 92.0 cm³/mol. The molecule has 7 heteroatoms. The van der Waals surface area contributed by atoms with E-state index in [0.29, 0.717) is 43.3 Å². The molecule has 2 fully saturated rings. The van der Waals surface area contributed by atoms with Crippen LogP contribution in [0.25, 0.3) is 0 Å². The smallest absolute Gasteiger partial charge is 0.292 e. The van der Waals surface area contributed by atoms with Crippen molar-refractivity contribution in [2.75, 3.05) is 20.2 Å². The summed E-state index contributed by atoms with van der Waals surface area (Å²) < 4.78 is 16.4. The first-order valence-corrected chi connectivity index (χ1v) is 8.83. The lowest BCUT2D eigenvalue weighted by Crippen LogP contribution is -2.42. The number of carbonyl (C=O) groups excluding carboxylic acids is 1. The summed E-state index contributed by atoms with van der Waals surface area (Å²) in [5.41, 5.74) is 0. The highest BCUT2D eigenvalue weighted by molar-refractivity contribution is 5.91. The lowest BCUT2D eigenvalue weighted by Gasteiger charge is -2.35. The molecule has 2 aliphatic rings. The Morgan fingerprint density at radius 3 is 2.62 bits per heavy atom. The van der Waals surface area contributed by atoms with Gasteiger partial charge in [-0.15, -0.1) is 0 Å². The fourth-order valence-electron chi connectivity index (χ4n) is 4.04. The van der Waals surface area contributed by atoms with Crippen molar-refractivity contribution in [3.63, 3.8) is 0 Å². The van der Waals surface area contributed by atoms with Crippen LogP contribution in [0, 0.1) is 11.8 Å². The molecule has 1 aromatic heterocycles. The third kappa shape index (κ3) is 3.14. The van der Waals surface area contributed by atoms with Crippen molar-refractivity contribution in [1.29, 1.82) is 0 Å². The average molecular weight is 358 g/mol. The summed E-state index contributed by atoms with van der Waals surface area (Å²) in [6.07, 6.45) is 1.90. The SMILES string of the molecule is COc1ccccc1O[C@@H]1C[C@@H]2CN(C(=O)c3ccno3)C[C@@H]2C[C@H]1O. The van der Waals surface area contributed by atoms with Gasteiger partial charge in [-0.3, -0.25) is 4.79 Å². The Morgan fingerprint density at radius 1 is 1.19 bits per heavy atom. The highest BCUT2D eigenvalue weighted by Crippen LogP contribution is 2.39. The van der Waals surface area contributed by atoms with Crippen LogP contribution < -0.4 is 9.47 Å². The van der Waals surface area contributed by atoms with Gasteiger partial charge < -0.3 is 24.0 Å². The molecule has 4 atom stereocenters. The van der Waals surface area contributed by atoms with Gasteiger partial charge in [-0.1, -0.05) is 17.3 Å². The molecule has 0 spiro atoms. The van der Waals surface area contributed by atoms with Gasteiger partial charge in [-0.25, -0.2) is 0 Å². The van der Waals surface area contributed by atoms with Crippen molar-refractivity contribution >= 4 is 5.91 Å². The second kappa shape index (κ2) is 6.99. The summed E-state index contributed by atoms with van der Waals surface area (Å²) in [5, 5.41) is 14.2. The number of hydrogen-bond acceptors (Lipinski definition) is 6. The summed E-state index contributed by atoms with van der Waals surface area (Å²) in [6.45, 7) is 1.27. The Labute approximate surface area is 151 Å². The Bertz CT molecular complexity index is 763. The number of rotatable bonds is 4. The Kier molecular flexibility index (Phi) is 4.55. The molecule has 1 amide bonds. The van der Waals surface area contributed by atoms with Crippen LogP contribution in [0.15, 0.2) is 41.1 Å². The maximum absolute atomic E-state index is 12.5. The molecule has 0 radical (unpaired) electrons. The number of aromatic nitrogens is 1. The fourth-order valence-corrected chi connectivity index (χ4v) is 4.04. The third-order valence-electron chi connectivity index (χ3n) is 5.37. The molecule has 0 bridgehead atoms. The number of fused-ring (bicyclic) bond motifs is 1. The molecule has 1 aromatic carbocycles. The second-order valence-electron chi connectivity index (χ2n) is 6.95. The topological polar surface area (TPSA) is 85.0 Å². The van der Waals surface area contributed by atoms with Crippen molar-refractivity contribution in [3.8, 4) is 11.5 Å². The number of benzene rings is 1. The number of para-hydroxylation sites is 2. The molecule has 7 nitrogen and oxygen atoms in total. The van der Waals surface area contributed by atoms with E-state index in [0.717, 1.165) is 0 Å². The zero-order valence-electron chi connectivity index (χ0n) is 14.6. The largest absolute Gasteiger partial charge is 0.493 e. The monoisotopic (exact) mass is 358 g/mol. The zero-order valence-corrected chi connectivity index (χ0v) is 14.6. The van der Waals surface area contributed by atoms with Gasteiger partial charge in [0, 0.05) is 19.2 Å². The molecule has 138 valence electrons. The van der Waals surface area contributed by atoms with E-state index in [-0.39, 0.29) is 23.7 Å². The van der Waals surface area contributed by atoms with E-state index in [2.05, 4.69) is 5.16 Å². The Balaban J connectivity index is 1.44. The number of ether oxygens (including phenoxy) is 2. The van der Waals surface area contributed by atoms with E-state index in [4.69, 9.17) is 14.0 Å². The molecule has 26 heavy (non-hydrogen) atoms. The molecule has 0 unspecified atom stereocenters. The fraction of sp³-hybridized carbons (Fsp3) is 0.474. The Hall–Kier alpha value is -2.54. The number of carbonyl (C=O) groups is 1. The minimum atomic E-state index is -0.568. The molecule has 1 aliphatic carbocycles. The van der Waals surface area contributed by atoms with Crippen molar-refractivity contribution < 1.29 is 23.9 Å². The Morgan fingerprint density at radius 2 is 1.92 bits per heavy atom. The third-order valence-corrected chi connectivity index (χ3v) is 5.37. The van der Waals surface area contributed by atoms with Crippen LogP contribution in [0.1, 0.15) is 23.4 Å². The molecule has 2 heterocycles. The number of likely N-dealkylation sites (tertiary alicyclic amines) is 1. The first-order valence-electron chi connectivity index (χ1n) is 8.83. The van der Waals surface area contributed by atoms with Crippen LogP contribution >= 0.6 is 0 Å². The van der Waals surface area contributed by atoms with Crippen molar-refractivity contribution in [2.45, 2.75) is 25.0 Å².